The summed E-state index contributed by atoms with van der Waals surface area (Å²) in [6.07, 6.45) is -6.92. The first-order valence-corrected chi connectivity index (χ1v) is 14.0. The van der Waals surface area contributed by atoms with E-state index in [4.69, 9.17) is 9.47 Å². The number of carbonyl (C=O) groups excluding carboxylic acids is 1. The van der Waals surface area contributed by atoms with Gasteiger partial charge in [0.05, 0.1) is 24.5 Å². The molecule has 2 aromatic carbocycles. The van der Waals surface area contributed by atoms with E-state index in [0.717, 1.165) is 30.6 Å². The molecule has 0 spiro atoms. The smallest absolute Gasteiger partial charge is 0.417 e. The summed E-state index contributed by atoms with van der Waals surface area (Å²) in [6, 6.07) is 11.0. The molecule has 1 aromatic heterocycles. The topological polar surface area (TPSA) is 35.5 Å². The van der Waals surface area contributed by atoms with Crippen molar-refractivity contribution in [3.8, 4) is 16.2 Å². The Morgan fingerprint density at radius 2 is 1.68 bits per heavy atom. The molecule has 220 valence electrons. The highest BCUT2D eigenvalue weighted by molar-refractivity contribution is 7.22. The number of fused-ring (bicyclic) bond motifs is 1. The summed E-state index contributed by atoms with van der Waals surface area (Å²) < 4.78 is 93.2. The average Bonchev–Trinajstić information content (AvgIpc) is 3.28. The van der Waals surface area contributed by atoms with Crippen molar-refractivity contribution in [3.05, 3.63) is 53.6 Å². The SMILES string of the molecule is CCCCCc1ccc(-c2cc3ccc(OCC(C)(COC(=O)C(C)C)CC(F)(F)F)cc3s2)c(C(F)(F)F)c1. The van der Waals surface area contributed by atoms with E-state index in [1.807, 2.05) is 6.92 Å². The minimum Gasteiger partial charge on any atom is -0.493 e. The lowest BCUT2D eigenvalue weighted by Crippen LogP contribution is -2.36. The van der Waals surface area contributed by atoms with Crippen LogP contribution in [-0.2, 0) is 22.1 Å². The zero-order valence-corrected chi connectivity index (χ0v) is 23.8. The van der Waals surface area contributed by atoms with Gasteiger partial charge in [0.25, 0.3) is 0 Å². The molecular formula is C30H34F6O3S. The third-order valence-corrected chi connectivity index (χ3v) is 7.60. The Kier molecular flexibility index (Phi) is 10.2. The van der Waals surface area contributed by atoms with Gasteiger partial charge in [-0.15, -0.1) is 11.3 Å². The molecule has 1 unspecified atom stereocenters. The number of ether oxygens (including phenoxy) is 2. The molecule has 0 aliphatic rings. The van der Waals surface area contributed by atoms with Gasteiger partial charge in [0.15, 0.2) is 0 Å². The fourth-order valence-electron chi connectivity index (χ4n) is 4.31. The minimum absolute atomic E-state index is 0.0835. The van der Waals surface area contributed by atoms with Gasteiger partial charge in [-0.05, 0) is 54.1 Å². The van der Waals surface area contributed by atoms with Gasteiger partial charge in [0.2, 0.25) is 0 Å². The number of hydrogen-bond acceptors (Lipinski definition) is 4. The molecule has 0 amide bonds. The Balaban J connectivity index is 1.84. The van der Waals surface area contributed by atoms with Crippen LogP contribution in [0, 0.1) is 11.3 Å². The third-order valence-electron chi connectivity index (χ3n) is 6.46. The molecular weight excluding hydrogens is 554 g/mol. The van der Waals surface area contributed by atoms with Crippen molar-refractivity contribution in [1.82, 2.24) is 0 Å². The lowest BCUT2D eigenvalue weighted by molar-refractivity contribution is -0.175. The average molecular weight is 589 g/mol. The van der Waals surface area contributed by atoms with Crippen LogP contribution in [0.2, 0.25) is 0 Å². The lowest BCUT2D eigenvalue weighted by Gasteiger charge is -2.30. The van der Waals surface area contributed by atoms with Gasteiger partial charge in [0.1, 0.15) is 12.4 Å². The van der Waals surface area contributed by atoms with Gasteiger partial charge >= 0.3 is 18.3 Å². The summed E-state index contributed by atoms with van der Waals surface area (Å²) >= 11 is 1.15. The molecule has 0 saturated heterocycles. The molecule has 3 aromatic rings. The first-order valence-electron chi connectivity index (χ1n) is 13.2. The van der Waals surface area contributed by atoms with Crippen molar-refractivity contribution in [2.75, 3.05) is 13.2 Å². The van der Waals surface area contributed by atoms with E-state index < -0.39 is 48.2 Å². The maximum atomic E-state index is 14.0. The van der Waals surface area contributed by atoms with Gasteiger partial charge in [-0.25, -0.2) is 0 Å². The quantitative estimate of drug-likeness (QED) is 0.120. The second kappa shape index (κ2) is 12.8. The number of halogens is 6. The summed E-state index contributed by atoms with van der Waals surface area (Å²) in [5, 5.41) is 0.691. The van der Waals surface area contributed by atoms with E-state index in [0.29, 0.717) is 26.9 Å². The summed E-state index contributed by atoms with van der Waals surface area (Å²) in [7, 11) is 0. The number of benzene rings is 2. The highest BCUT2D eigenvalue weighted by Crippen LogP contribution is 2.43. The number of alkyl halides is 6. The molecule has 3 rings (SSSR count). The van der Waals surface area contributed by atoms with Crippen molar-refractivity contribution in [1.29, 1.82) is 0 Å². The van der Waals surface area contributed by atoms with Crippen molar-refractivity contribution in [3.63, 3.8) is 0 Å². The van der Waals surface area contributed by atoms with Crippen molar-refractivity contribution in [2.24, 2.45) is 11.3 Å². The summed E-state index contributed by atoms with van der Waals surface area (Å²) in [5.41, 5.74) is -1.50. The fourth-order valence-corrected chi connectivity index (χ4v) is 5.44. The fraction of sp³-hybridized carbons (Fsp3) is 0.500. The number of rotatable bonds is 12. The Hall–Kier alpha value is -2.75. The number of unbranched alkanes of at least 4 members (excludes halogenated alkanes) is 2. The maximum absolute atomic E-state index is 14.0. The largest absolute Gasteiger partial charge is 0.493 e. The molecule has 1 heterocycles. The molecule has 0 radical (unpaired) electrons. The van der Waals surface area contributed by atoms with Crippen LogP contribution in [0.1, 0.15) is 64.5 Å². The van der Waals surface area contributed by atoms with E-state index in [1.54, 1.807) is 44.2 Å². The van der Waals surface area contributed by atoms with E-state index >= 15 is 0 Å². The summed E-state index contributed by atoms with van der Waals surface area (Å²) in [6.45, 7) is 5.70. The van der Waals surface area contributed by atoms with Gasteiger partial charge in [-0.3, -0.25) is 4.79 Å². The lowest BCUT2D eigenvalue weighted by atomic mass is 9.88. The molecule has 0 N–H and O–H groups in total. The predicted molar refractivity (Wildman–Crippen MR) is 146 cm³/mol. The van der Waals surface area contributed by atoms with Crippen LogP contribution in [0.4, 0.5) is 26.3 Å². The van der Waals surface area contributed by atoms with Gasteiger partial charge in [-0.1, -0.05) is 52.7 Å². The molecule has 0 fully saturated rings. The second-order valence-electron chi connectivity index (χ2n) is 10.8. The van der Waals surface area contributed by atoms with Crippen LogP contribution in [0.25, 0.3) is 20.5 Å². The number of hydrogen-bond donors (Lipinski definition) is 0. The Morgan fingerprint density at radius 1 is 0.950 bits per heavy atom. The number of aryl methyl sites for hydroxylation is 1. The normalized spacial score (nSPS) is 14.0. The molecule has 1 atom stereocenters. The Morgan fingerprint density at radius 3 is 2.30 bits per heavy atom. The Bertz CT molecular complexity index is 1290. The summed E-state index contributed by atoms with van der Waals surface area (Å²) in [4.78, 5) is 12.3. The number of thiophene rings is 1. The van der Waals surface area contributed by atoms with Crippen LogP contribution >= 0.6 is 11.3 Å². The van der Waals surface area contributed by atoms with E-state index in [9.17, 15) is 31.1 Å². The van der Waals surface area contributed by atoms with Gasteiger partial charge < -0.3 is 9.47 Å². The van der Waals surface area contributed by atoms with Crippen LogP contribution in [-0.4, -0.2) is 25.4 Å². The highest BCUT2D eigenvalue weighted by Gasteiger charge is 2.41. The molecule has 0 saturated carbocycles. The third kappa shape index (κ3) is 8.88. The van der Waals surface area contributed by atoms with Gasteiger partial charge in [-0.2, -0.15) is 26.3 Å². The standard InChI is InChI=1S/C30H34F6O3S/c1-5-6-7-8-20-9-12-23(24(13-20)30(34,35)36)26-14-21-10-11-22(15-25(21)40-26)38-17-28(4,16-29(31,32)33)18-39-27(37)19(2)3/h9-15,19H,5-8,16-18H2,1-4H3. The highest BCUT2D eigenvalue weighted by atomic mass is 32.1. The molecule has 0 aliphatic carbocycles. The molecule has 0 bridgehead atoms. The Labute approximate surface area is 234 Å². The number of carbonyl (C=O) groups is 1. The molecule has 40 heavy (non-hydrogen) atoms. The van der Waals surface area contributed by atoms with Crippen LogP contribution in [0.15, 0.2) is 42.5 Å². The van der Waals surface area contributed by atoms with Crippen molar-refractivity contribution < 1.29 is 40.6 Å². The van der Waals surface area contributed by atoms with E-state index in [-0.39, 0.29) is 17.9 Å². The van der Waals surface area contributed by atoms with E-state index in [2.05, 4.69) is 0 Å². The van der Waals surface area contributed by atoms with Crippen molar-refractivity contribution in [2.45, 2.75) is 72.2 Å². The summed E-state index contributed by atoms with van der Waals surface area (Å²) in [5.74, 6) is -0.818. The zero-order valence-electron chi connectivity index (χ0n) is 23.0. The zero-order chi connectivity index (χ0) is 29.7. The molecule has 10 heteroatoms. The first kappa shape index (κ1) is 31.8. The van der Waals surface area contributed by atoms with Crippen LogP contribution in [0.3, 0.4) is 0 Å². The predicted octanol–water partition coefficient (Wildman–Crippen LogP) is 9.86. The second-order valence-corrected chi connectivity index (χ2v) is 11.9. The molecule has 0 aliphatic heterocycles. The number of esters is 1. The maximum Gasteiger partial charge on any atom is 0.417 e. The van der Waals surface area contributed by atoms with Crippen LogP contribution in [0.5, 0.6) is 5.75 Å². The van der Waals surface area contributed by atoms with Crippen LogP contribution < -0.4 is 4.74 Å². The minimum atomic E-state index is -4.53. The van der Waals surface area contributed by atoms with Gasteiger partial charge in [0, 0.05) is 20.6 Å². The van der Waals surface area contributed by atoms with E-state index in [1.165, 1.54) is 19.1 Å². The monoisotopic (exact) mass is 588 g/mol. The first-order chi connectivity index (χ1) is 18.6. The molecule has 3 nitrogen and oxygen atoms in total. The van der Waals surface area contributed by atoms with Crippen molar-refractivity contribution >= 4 is 27.4 Å².